The molecule has 2 unspecified atom stereocenters. The van der Waals surface area contributed by atoms with Gasteiger partial charge in [-0.25, -0.2) is 17.0 Å². The minimum absolute atomic E-state index is 0.753. The van der Waals surface area contributed by atoms with Crippen molar-refractivity contribution in [2.24, 2.45) is 0 Å². The van der Waals surface area contributed by atoms with Gasteiger partial charge in [-0.3, -0.25) is 0 Å². The third kappa shape index (κ3) is 2.62. The van der Waals surface area contributed by atoms with Crippen LogP contribution in [0.3, 0.4) is 0 Å². The molecule has 1 aliphatic rings. The number of nitrogens with zero attached hydrogens (tertiary/aromatic N) is 2. The maximum atomic E-state index is 11.0. The summed E-state index contributed by atoms with van der Waals surface area (Å²) in [6.07, 6.45) is 3.36. The lowest BCUT2D eigenvalue weighted by Crippen LogP contribution is -2.46. The predicted molar refractivity (Wildman–Crippen MR) is 51.3 cm³/mol. The summed E-state index contributed by atoms with van der Waals surface area (Å²) in [4.78, 5) is 0. The van der Waals surface area contributed by atoms with Gasteiger partial charge < -0.3 is 0 Å². The Balaban J connectivity index is 2.39. The molecule has 0 aromatic heterocycles. The molecule has 1 rings (SSSR count). The van der Waals surface area contributed by atoms with Crippen molar-refractivity contribution in [3.8, 4) is 0 Å². The van der Waals surface area contributed by atoms with E-state index in [1.165, 1.54) is 0 Å². The Morgan fingerprint density at radius 2 is 1.08 bits per heavy atom. The summed E-state index contributed by atoms with van der Waals surface area (Å²) in [7, 11) is -1.74. The van der Waals surface area contributed by atoms with E-state index in [-0.39, 0.29) is 0 Å². The Morgan fingerprint density at radius 3 is 1.25 bits per heavy atom. The zero-order valence-electron chi connectivity index (χ0n) is 7.36. The topological polar surface area (TPSA) is 40.6 Å². The SMILES string of the molecule is CS(=O)N1CCN(S(C)=O)CC1. The van der Waals surface area contributed by atoms with E-state index in [1.807, 2.05) is 8.61 Å². The van der Waals surface area contributed by atoms with E-state index in [0.717, 1.165) is 26.2 Å². The van der Waals surface area contributed by atoms with Gasteiger partial charge in [0.15, 0.2) is 0 Å². The summed E-state index contributed by atoms with van der Waals surface area (Å²) >= 11 is 0. The lowest BCUT2D eigenvalue weighted by Gasteiger charge is -2.30. The van der Waals surface area contributed by atoms with Crippen LogP contribution < -0.4 is 0 Å². The molecule has 4 nitrogen and oxygen atoms in total. The van der Waals surface area contributed by atoms with Crippen molar-refractivity contribution in [1.29, 1.82) is 0 Å². The fourth-order valence-electron chi connectivity index (χ4n) is 1.18. The average molecular weight is 210 g/mol. The van der Waals surface area contributed by atoms with Crippen LogP contribution in [0.2, 0.25) is 0 Å². The van der Waals surface area contributed by atoms with Gasteiger partial charge >= 0.3 is 0 Å². The average Bonchev–Trinajstić information content (AvgIpc) is 2.04. The highest BCUT2D eigenvalue weighted by Crippen LogP contribution is 2.04. The van der Waals surface area contributed by atoms with Gasteiger partial charge in [0.25, 0.3) is 0 Å². The van der Waals surface area contributed by atoms with Gasteiger partial charge in [-0.15, -0.1) is 0 Å². The smallest absolute Gasteiger partial charge is 0.0911 e. The lowest BCUT2D eigenvalue weighted by atomic mass is 10.4. The van der Waals surface area contributed by atoms with Crippen LogP contribution >= 0.6 is 0 Å². The van der Waals surface area contributed by atoms with Crippen LogP contribution in [0.25, 0.3) is 0 Å². The fourth-order valence-corrected chi connectivity index (χ4v) is 2.54. The zero-order valence-corrected chi connectivity index (χ0v) is 8.99. The summed E-state index contributed by atoms with van der Waals surface area (Å²) in [5.41, 5.74) is 0. The molecule has 2 atom stereocenters. The summed E-state index contributed by atoms with van der Waals surface area (Å²) in [6, 6.07) is 0. The first kappa shape index (κ1) is 10.3. The standard InChI is InChI=1S/C6H14N2O2S2/c1-11(9)7-3-5-8(6-4-7)12(2)10/h3-6H2,1-2H3. The van der Waals surface area contributed by atoms with E-state index in [2.05, 4.69) is 0 Å². The minimum atomic E-state index is -0.872. The fraction of sp³-hybridized carbons (Fsp3) is 1.00. The summed E-state index contributed by atoms with van der Waals surface area (Å²) in [5, 5.41) is 0. The summed E-state index contributed by atoms with van der Waals surface area (Å²) in [5.74, 6) is 0. The Morgan fingerprint density at radius 1 is 0.833 bits per heavy atom. The van der Waals surface area contributed by atoms with E-state index in [1.54, 1.807) is 12.5 Å². The number of hydrogen-bond donors (Lipinski definition) is 0. The maximum Gasteiger partial charge on any atom is 0.0911 e. The van der Waals surface area contributed by atoms with Gasteiger partial charge in [0.05, 0.1) is 22.0 Å². The van der Waals surface area contributed by atoms with Crippen LogP contribution in [-0.2, 0) is 22.0 Å². The molecular weight excluding hydrogens is 196 g/mol. The van der Waals surface area contributed by atoms with E-state index < -0.39 is 22.0 Å². The highest BCUT2D eigenvalue weighted by atomic mass is 32.2. The molecule has 1 fully saturated rings. The molecule has 1 aliphatic heterocycles. The van der Waals surface area contributed by atoms with Crippen LogP contribution in [0.15, 0.2) is 0 Å². The molecule has 0 aliphatic carbocycles. The number of hydrogen-bond acceptors (Lipinski definition) is 2. The van der Waals surface area contributed by atoms with Crippen LogP contribution in [0.4, 0.5) is 0 Å². The van der Waals surface area contributed by atoms with Crippen molar-refractivity contribution >= 4 is 22.0 Å². The van der Waals surface area contributed by atoms with Crippen molar-refractivity contribution in [2.75, 3.05) is 38.7 Å². The highest BCUT2D eigenvalue weighted by molar-refractivity contribution is 7.82. The second-order valence-electron chi connectivity index (χ2n) is 2.71. The molecule has 72 valence electrons. The number of rotatable bonds is 2. The Kier molecular flexibility index (Phi) is 3.82. The Hall–Kier alpha value is 0.220. The van der Waals surface area contributed by atoms with Crippen molar-refractivity contribution in [3.05, 3.63) is 0 Å². The second-order valence-corrected chi connectivity index (χ2v) is 5.43. The largest absolute Gasteiger partial charge is 0.243 e. The normalized spacial score (nSPS) is 26.8. The predicted octanol–water partition coefficient (Wildman–Crippen LogP) is -0.809. The maximum absolute atomic E-state index is 11.0. The molecule has 1 saturated heterocycles. The first-order valence-electron chi connectivity index (χ1n) is 3.78. The Bertz CT molecular complexity index is 180. The third-order valence-electron chi connectivity index (χ3n) is 1.92. The van der Waals surface area contributed by atoms with Crippen LogP contribution in [0.1, 0.15) is 0 Å². The first-order valence-corrected chi connectivity index (χ1v) is 6.81. The minimum Gasteiger partial charge on any atom is -0.243 e. The quantitative estimate of drug-likeness (QED) is 0.598. The third-order valence-corrected chi connectivity index (χ3v) is 4.11. The van der Waals surface area contributed by atoms with Crippen molar-refractivity contribution in [1.82, 2.24) is 8.61 Å². The van der Waals surface area contributed by atoms with E-state index in [9.17, 15) is 8.42 Å². The molecule has 6 heteroatoms. The molecule has 0 aromatic carbocycles. The monoisotopic (exact) mass is 210 g/mol. The van der Waals surface area contributed by atoms with Gasteiger partial charge in [-0.2, -0.15) is 0 Å². The van der Waals surface area contributed by atoms with Gasteiger partial charge in [-0.05, 0) is 0 Å². The highest BCUT2D eigenvalue weighted by Gasteiger charge is 2.20. The molecule has 0 N–H and O–H groups in total. The van der Waals surface area contributed by atoms with Crippen LogP contribution in [-0.4, -0.2) is 55.7 Å². The van der Waals surface area contributed by atoms with Crippen LogP contribution in [0, 0.1) is 0 Å². The molecule has 0 spiro atoms. The molecule has 0 aromatic rings. The van der Waals surface area contributed by atoms with Gasteiger partial charge in [0, 0.05) is 38.7 Å². The molecule has 0 saturated carbocycles. The first-order chi connectivity index (χ1) is 5.61. The summed E-state index contributed by atoms with van der Waals surface area (Å²) < 4.78 is 25.8. The zero-order chi connectivity index (χ0) is 9.14. The Labute approximate surface area is 78.1 Å². The molecular formula is C6H14N2O2S2. The van der Waals surface area contributed by atoms with Crippen molar-refractivity contribution in [2.45, 2.75) is 0 Å². The molecule has 1 heterocycles. The van der Waals surface area contributed by atoms with E-state index >= 15 is 0 Å². The molecule has 12 heavy (non-hydrogen) atoms. The van der Waals surface area contributed by atoms with Gasteiger partial charge in [-0.1, -0.05) is 0 Å². The van der Waals surface area contributed by atoms with Gasteiger partial charge in [0.2, 0.25) is 0 Å². The van der Waals surface area contributed by atoms with Crippen LogP contribution in [0.5, 0.6) is 0 Å². The second kappa shape index (κ2) is 4.45. The molecule has 0 bridgehead atoms. The van der Waals surface area contributed by atoms with Gasteiger partial charge in [0.1, 0.15) is 0 Å². The van der Waals surface area contributed by atoms with Crippen molar-refractivity contribution in [3.63, 3.8) is 0 Å². The van der Waals surface area contributed by atoms with E-state index in [0.29, 0.717) is 0 Å². The van der Waals surface area contributed by atoms with Crippen molar-refractivity contribution < 1.29 is 8.42 Å². The molecule has 0 radical (unpaired) electrons. The summed E-state index contributed by atoms with van der Waals surface area (Å²) in [6.45, 7) is 3.01. The number of piperazine rings is 1. The van der Waals surface area contributed by atoms with E-state index in [4.69, 9.17) is 0 Å². The molecule has 0 amide bonds. The lowest BCUT2D eigenvalue weighted by molar-refractivity contribution is 0.293.